The van der Waals surface area contributed by atoms with Crippen LogP contribution in [0.4, 0.5) is 19.0 Å². The van der Waals surface area contributed by atoms with Crippen LogP contribution in [0, 0.1) is 0 Å². The SMILES string of the molecule is CCOCCn1nc(OC)c(C(F)(F)F)c1N. The van der Waals surface area contributed by atoms with Crippen molar-refractivity contribution in [1.82, 2.24) is 9.78 Å². The molecule has 0 aliphatic rings. The summed E-state index contributed by atoms with van der Waals surface area (Å²) < 4.78 is 48.6. The number of methoxy groups -OCH3 is 1. The summed E-state index contributed by atoms with van der Waals surface area (Å²) in [6.45, 7) is 2.65. The van der Waals surface area contributed by atoms with Gasteiger partial charge in [0.1, 0.15) is 5.82 Å². The summed E-state index contributed by atoms with van der Waals surface area (Å²) >= 11 is 0. The summed E-state index contributed by atoms with van der Waals surface area (Å²) in [6, 6.07) is 0. The third-order valence-electron chi connectivity index (χ3n) is 2.09. The summed E-state index contributed by atoms with van der Waals surface area (Å²) in [5.41, 5.74) is 4.35. The normalized spacial score (nSPS) is 11.8. The first-order valence-corrected chi connectivity index (χ1v) is 4.97. The fourth-order valence-electron chi connectivity index (χ4n) is 1.33. The number of aromatic nitrogens is 2. The molecule has 0 atom stereocenters. The zero-order valence-electron chi connectivity index (χ0n) is 9.54. The third kappa shape index (κ3) is 3.02. The van der Waals surface area contributed by atoms with Gasteiger partial charge in [-0.3, -0.25) is 0 Å². The van der Waals surface area contributed by atoms with Gasteiger partial charge in [0.2, 0.25) is 5.88 Å². The van der Waals surface area contributed by atoms with E-state index in [-0.39, 0.29) is 13.2 Å². The zero-order chi connectivity index (χ0) is 13.1. The molecule has 0 radical (unpaired) electrons. The van der Waals surface area contributed by atoms with Crippen LogP contribution in [0.3, 0.4) is 0 Å². The average molecular weight is 253 g/mol. The average Bonchev–Trinajstić information content (AvgIpc) is 2.55. The van der Waals surface area contributed by atoms with Gasteiger partial charge in [-0.05, 0) is 6.92 Å². The Hall–Kier alpha value is -1.44. The van der Waals surface area contributed by atoms with Crippen molar-refractivity contribution >= 4 is 5.82 Å². The number of ether oxygens (including phenoxy) is 2. The van der Waals surface area contributed by atoms with Crippen LogP contribution < -0.4 is 10.5 Å². The number of anilines is 1. The number of hydrogen-bond donors (Lipinski definition) is 1. The summed E-state index contributed by atoms with van der Waals surface area (Å²) in [4.78, 5) is 0. The molecule has 1 aromatic heterocycles. The molecule has 2 N–H and O–H groups in total. The minimum atomic E-state index is -4.58. The van der Waals surface area contributed by atoms with E-state index in [0.29, 0.717) is 6.61 Å². The van der Waals surface area contributed by atoms with Gasteiger partial charge in [-0.1, -0.05) is 0 Å². The van der Waals surface area contributed by atoms with E-state index < -0.39 is 23.4 Å². The highest BCUT2D eigenvalue weighted by atomic mass is 19.4. The molecule has 0 fully saturated rings. The molecule has 0 spiro atoms. The summed E-state index contributed by atoms with van der Waals surface area (Å²) in [5.74, 6) is -0.986. The molecule has 0 aliphatic heterocycles. The van der Waals surface area contributed by atoms with Crippen molar-refractivity contribution in [3.05, 3.63) is 5.56 Å². The van der Waals surface area contributed by atoms with E-state index in [1.54, 1.807) is 6.92 Å². The lowest BCUT2D eigenvalue weighted by Crippen LogP contribution is -2.13. The van der Waals surface area contributed by atoms with Crippen molar-refractivity contribution in [2.24, 2.45) is 0 Å². The van der Waals surface area contributed by atoms with Gasteiger partial charge in [0.25, 0.3) is 0 Å². The molecule has 0 unspecified atom stereocenters. The highest BCUT2D eigenvalue weighted by Gasteiger charge is 2.40. The Morgan fingerprint density at radius 2 is 2.06 bits per heavy atom. The smallest absolute Gasteiger partial charge is 0.425 e. The molecule has 0 amide bonds. The maximum atomic E-state index is 12.7. The zero-order valence-corrected chi connectivity index (χ0v) is 9.54. The molecular weight excluding hydrogens is 239 g/mol. The van der Waals surface area contributed by atoms with E-state index in [1.165, 1.54) is 0 Å². The Morgan fingerprint density at radius 1 is 1.41 bits per heavy atom. The first kappa shape index (κ1) is 13.6. The predicted molar refractivity (Wildman–Crippen MR) is 54.7 cm³/mol. The first-order valence-electron chi connectivity index (χ1n) is 4.97. The van der Waals surface area contributed by atoms with Gasteiger partial charge >= 0.3 is 6.18 Å². The van der Waals surface area contributed by atoms with Gasteiger partial charge in [0.05, 0.1) is 20.3 Å². The topological polar surface area (TPSA) is 62.3 Å². The predicted octanol–water partition coefficient (Wildman–Crippen LogP) is 1.53. The lowest BCUT2D eigenvalue weighted by molar-refractivity contribution is -0.138. The van der Waals surface area contributed by atoms with Crippen molar-refractivity contribution in [1.29, 1.82) is 0 Å². The first-order chi connectivity index (χ1) is 7.91. The van der Waals surface area contributed by atoms with Gasteiger partial charge in [0.15, 0.2) is 5.56 Å². The maximum Gasteiger partial charge on any atom is 0.425 e. The molecule has 1 heterocycles. The minimum absolute atomic E-state index is 0.145. The molecule has 0 aliphatic carbocycles. The van der Waals surface area contributed by atoms with Gasteiger partial charge in [0, 0.05) is 6.61 Å². The second kappa shape index (κ2) is 5.26. The van der Waals surface area contributed by atoms with Crippen LogP contribution in [0.1, 0.15) is 12.5 Å². The number of nitrogen functional groups attached to an aromatic ring is 1. The van der Waals surface area contributed by atoms with Gasteiger partial charge in [-0.2, -0.15) is 13.2 Å². The van der Waals surface area contributed by atoms with Crippen molar-refractivity contribution in [3.63, 3.8) is 0 Å². The van der Waals surface area contributed by atoms with Crippen LogP contribution in [-0.4, -0.2) is 30.1 Å². The van der Waals surface area contributed by atoms with E-state index in [2.05, 4.69) is 9.84 Å². The highest BCUT2D eigenvalue weighted by Crippen LogP contribution is 2.39. The number of hydrogen-bond acceptors (Lipinski definition) is 4. The van der Waals surface area contributed by atoms with Crippen LogP contribution in [0.2, 0.25) is 0 Å². The maximum absolute atomic E-state index is 12.7. The molecule has 1 rings (SSSR count). The molecule has 5 nitrogen and oxygen atoms in total. The lowest BCUT2D eigenvalue weighted by Gasteiger charge is -2.07. The fourth-order valence-corrected chi connectivity index (χ4v) is 1.33. The van der Waals surface area contributed by atoms with Gasteiger partial charge in [-0.15, -0.1) is 5.10 Å². The Bertz CT molecular complexity index is 376. The van der Waals surface area contributed by atoms with Gasteiger partial charge < -0.3 is 15.2 Å². The number of nitrogens with two attached hydrogens (primary N) is 1. The summed E-state index contributed by atoms with van der Waals surface area (Å²) in [7, 11) is 1.11. The summed E-state index contributed by atoms with van der Waals surface area (Å²) in [6.07, 6.45) is -4.58. The molecule has 0 saturated heterocycles. The van der Waals surface area contributed by atoms with Crippen LogP contribution in [0.5, 0.6) is 5.88 Å². The molecule has 17 heavy (non-hydrogen) atoms. The standard InChI is InChI=1S/C9H14F3N3O2/c1-3-17-5-4-15-7(13)6(9(10,11)12)8(14-15)16-2/h3-5,13H2,1-2H3. The van der Waals surface area contributed by atoms with Crippen molar-refractivity contribution in [2.75, 3.05) is 26.1 Å². The van der Waals surface area contributed by atoms with E-state index in [9.17, 15) is 13.2 Å². The Labute approximate surface area is 96.3 Å². The molecule has 8 heteroatoms. The highest BCUT2D eigenvalue weighted by molar-refractivity contribution is 5.48. The van der Waals surface area contributed by atoms with E-state index in [1.807, 2.05) is 0 Å². The van der Waals surface area contributed by atoms with Crippen LogP contribution in [0.25, 0.3) is 0 Å². The minimum Gasteiger partial charge on any atom is -0.479 e. The number of alkyl halides is 3. The quantitative estimate of drug-likeness (QED) is 0.808. The fraction of sp³-hybridized carbons (Fsp3) is 0.667. The third-order valence-corrected chi connectivity index (χ3v) is 2.09. The van der Waals surface area contributed by atoms with Crippen molar-refractivity contribution < 1.29 is 22.6 Å². The molecular formula is C9H14F3N3O2. The number of nitrogens with zero attached hydrogens (tertiary/aromatic N) is 2. The monoisotopic (exact) mass is 253 g/mol. The second-order valence-electron chi connectivity index (χ2n) is 3.19. The molecule has 0 saturated carbocycles. The second-order valence-corrected chi connectivity index (χ2v) is 3.19. The Balaban J connectivity index is 2.98. The number of halogens is 3. The van der Waals surface area contributed by atoms with Gasteiger partial charge in [-0.25, -0.2) is 4.68 Å². The molecule has 0 bridgehead atoms. The Kier molecular flexibility index (Phi) is 4.22. The summed E-state index contributed by atoms with van der Waals surface area (Å²) in [5, 5.41) is 3.64. The van der Waals surface area contributed by atoms with Crippen molar-refractivity contribution in [3.8, 4) is 5.88 Å². The van der Waals surface area contributed by atoms with Crippen molar-refractivity contribution in [2.45, 2.75) is 19.6 Å². The van der Waals surface area contributed by atoms with Crippen LogP contribution in [0.15, 0.2) is 0 Å². The van der Waals surface area contributed by atoms with E-state index in [0.717, 1.165) is 11.8 Å². The molecule has 98 valence electrons. The Morgan fingerprint density at radius 3 is 2.47 bits per heavy atom. The molecule has 0 aromatic carbocycles. The lowest BCUT2D eigenvalue weighted by atomic mass is 10.3. The largest absolute Gasteiger partial charge is 0.479 e. The van der Waals surface area contributed by atoms with Crippen LogP contribution in [-0.2, 0) is 17.5 Å². The van der Waals surface area contributed by atoms with E-state index >= 15 is 0 Å². The number of rotatable bonds is 5. The molecule has 1 aromatic rings. The van der Waals surface area contributed by atoms with E-state index in [4.69, 9.17) is 10.5 Å². The van der Waals surface area contributed by atoms with Crippen LogP contribution >= 0.6 is 0 Å².